The Balaban J connectivity index is 2.09. The van der Waals surface area contributed by atoms with Crippen LogP contribution in [0.2, 0.25) is 19.1 Å². The average Bonchev–Trinajstić information content (AvgIpc) is 2.71. The molecule has 0 aliphatic carbocycles. The lowest BCUT2D eigenvalue weighted by Gasteiger charge is -2.24. The van der Waals surface area contributed by atoms with Crippen molar-refractivity contribution in [2.75, 3.05) is 6.61 Å². The van der Waals surface area contributed by atoms with Gasteiger partial charge in [0, 0.05) is 0 Å². The van der Waals surface area contributed by atoms with Crippen LogP contribution in [0.15, 0.2) is 35.3 Å². The molecule has 0 N–H and O–H groups in total. The fourth-order valence-corrected chi connectivity index (χ4v) is 4.70. The van der Waals surface area contributed by atoms with E-state index in [0.29, 0.717) is 12.6 Å². The van der Waals surface area contributed by atoms with Gasteiger partial charge in [0.05, 0.1) is 14.1 Å². The number of benzene rings is 1. The molecule has 0 saturated carbocycles. The van der Waals surface area contributed by atoms with Crippen molar-refractivity contribution in [3.63, 3.8) is 0 Å². The summed E-state index contributed by atoms with van der Waals surface area (Å²) < 4.78 is 5.04. The largest absolute Gasteiger partial charge is 0.472 e. The Morgan fingerprint density at radius 1 is 1.40 bits per heavy atom. The van der Waals surface area contributed by atoms with Gasteiger partial charge in [-0.25, -0.2) is 4.99 Å². The van der Waals surface area contributed by atoms with Crippen LogP contribution in [0.3, 0.4) is 0 Å². The Bertz CT molecular complexity index is 348. The third-order valence-corrected chi connectivity index (χ3v) is 6.26. The number of rotatable bonds is 3. The summed E-state index contributed by atoms with van der Waals surface area (Å²) in [4.78, 5) is 4.21. The van der Waals surface area contributed by atoms with Gasteiger partial charge in [-0.15, -0.1) is 0 Å². The number of ether oxygens (including phenoxy) is 1. The van der Waals surface area contributed by atoms with Crippen LogP contribution in [-0.2, 0) is 4.74 Å². The molecule has 1 aliphatic rings. The van der Waals surface area contributed by atoms with Gasteiger partial charge in [-0.3, -0.25) is 0 Å². The van der Waals surface area contributed by atoms with E-state index in [1.165, 1.54) is 5.19 Å². The second-order valence-electron chi connectivity index (χ2n) is 4.64. The second kappa shape index (κ2) is 4.19. The van der Waals surface area contributed by atoms with Crippen molar-refractivity contribution in [3.05, 3.63) is 30.3 Å². The molecule has 0 amide bonds. The summed E-state index contributed by atoms with van der Waals surface area (Å²) in [5.41, 5.74) is 0. The smallest absolute Gasteiger partial charge is 0.273 e. The zero-order valence-electron chi connectivity index (χ0n) is 9.23. The van der Waals surface area contributed by atoms with Crippen LogP contribution < -0.4 is 5.19 Å². The highest BCUT2D eigenvalue weighted by Gasteiger charge is 2.28. The van der Waals surface area contributed by atoms with Crippen molar-refractivity contribution >= 4 is 19.7 Å². The highest BCUT2D eigenvalue weighted by atomic mass is 28.3. The molecular formula is C12H16NOSi. The van der Waals surface area contributed by atoms with Gasteiger partial charge in [-0.05, 0) is 6.04 Å². The molecule has 0 fully saturated rings. The Kier molecular flexibility index (Phi) is 2.91. The van der Waals surface area contributed by atoms with Crippen LogP contribution in [0, 0.1) is 0 Å². The van der Waals surface area contributed by atoms with Gasteiger partial charge in [-0.2, -0.15) is 0 Å². The fourth-order valence-electron chi connectivity index (χ4n) is 1.98. The molecule has 0 aromatic heterocycles. The third kappa shape index (κ3) is 2.48. The molecule has 0 bridgehead atoms. The molecule has 15 heavy (non-hydrogen) atoms. The Morgan fingerprint density at radius 2 is 2.13 bits per heavy atom. The molecule has 1 aromatic rings. The number of hydrogen-bond acceptors (Lipinski definition) is 2. The minimum absolute atomic E-state index is 0.326. The summed E-state index contributed by atoms with van der Waals surface area (Å²) in [7, 11) is -1.36. The van der Waals surface area contributed by atoms with E-state index in [1.807, 2.05) is 0 Å². The van der Waals surface area contributed by atoms with Crippen molar-refractivity contribution in [3.8, 4) is 0 Å². The number of nitrogens with zero attached hydrogens (tertiary/aromatic N) is 1. The molecule has 2 rings (SSSR count). The van der Waals surface area contributed by atoms with Gasteiger partial charge >= 0.3 is 0 Å². The van der Waals surface area contributed by atoms with Crippen molar-refractivity contribution < 1.29 is 4.74 Å². The topological polar surface area (TPSA) is 21.6 Å². The quantitative estimate of drug-likeness (QED) is 0.710. The monoisotopic (exact) mass is 218 g/mol. The maximum atomic E-state index is 5.04. The SMILES string of the molecule is C[Si](C)(CC1CO[C]=N1)c1ccccc1. The van der Waals surface area contributed by atoms with E-state index in [4.69, 9.17) is 4.74 Å². The summed E-state index contributed by atoms with van der Waals surface area (Å²) in [5.74, 6) is 0. The highest BCUT2D eigenvalue weighted by Crippen LogP contribution is 2.17. The minimum Gasteiger partial charge on any atom is -0.472 e. The summed E-state index contributed by atoms with van der Waals surface area (Å²) >= 11 is 0. The third-order valence-electron chi connectivity index (χ3n) is 2.88. The predicted octanol–water partition coefficient (Wildman–Crippen LogP) is 1.91. The molecule has 2 nitrogen and oxygen atoms in total. The van der Waals surface area contributed by atoms with E-state index < -0.39 is 8.07 Å². The Hall–Kier alpha value is -1.09. The van der Waals surface area contributed by atoms with Crippen LogP contribution in [0.4, 0.5) is 0 Å². The molecule has 0 spiro atoms. The van der Waals surface area contributed by atoms with E-state index in [9.17, 15) is 0 Å². The summed E-state index contributed by atoms with van der Waals surface area (Å²) in [6, 6.07) is 12.2. The first kappa shape index (κ1) is 10.4. The van der Waals surface area contributed by atoms with E-state index in [2.05, 4.69) is 54.8 Å². The van der Waals surface area contributed by atoms with E-state index in [0.717, 1.165) is 6.04 Å². The van der Waals surface area contributed by atoms with Crippen LogP contribution in [-0.4, -0.2) is 27.1 Å². The van der Waals surface area contributed by atoms with Gasteiger partial charge in [-0.1, -0.05) is 48.6 Å². The van der Waals surface area contributed by atoms with E-state index in [1.54, 1.807) is 0 Å². The zero-order chi connectivity index (χ0) is 10.7. The molecule has 1 aromatic carbocycles. The van der Waals surface area contributed by atoms with Crippen LogP contribution >= 0.6 is 0 Å². The maximum absolute atomic E-state index is 5.04. The summed E-state index contributed by atoms with van der Waals surface area (Å²) in [6.07, 6.45) is 2.59. The first-order valence-corrected chi connectivity index (χ1v) is 8.51. The number of hydrogen-bond donors (Lipinski definition) is 0. The molecule has 1 radical (unpaired) electrons. The van der Waals surface area contributed by atoms with Crippen molar-refractivity contribution in [1.82, 2.24) is 0 Å². The normalized spacial score (nSPS) is 20.3. The molecule has 1 unspecified atom stereocenters. The van der Waals surface area contributed by atoms with Crippen LogP contribution in [0.5, 0.6) is 0 Å². The molecule has 3 heteroatoms. The Labute approximate surface area is 92.0 Å². The van der Waals surface area contributed by atoms with Crippen molar-refractivity contribution in [2.45, 2.75) is 25.2 Å². The first-order valence-electron chi connectivity index (χ1n) is 5.31. The fraction of sp³-hybridized carbons (Fsp3) is 0.417. The predicted molar refractivity (Wildman–Crippen MR) is 65.5 cm³/mol. The molecule has 1 atom stereocenters. The van der Waals surface area contributed by atoms with Gasteiger partial charge in [0.2, 0.25) is 0 Å². The standard InChI is InChI=1S/C12H16NOSi/c1-15(2,9-11-8-14-10-13-11)12-6-4-3-5-7-12/h3-7,11H,8-9H2,1-2H3. The van der Waals surface area contributed by atoms with Gasteiger partial charge in [0.15, 0.2) is 0 Å². The van der Waals surface area contributed by atoms with Crippen molar-refractivity contribution in [1.29, 1.82) is 0 Å². The zero-order valence-corrected chi connectivity index (χ0v) is 10.2. The maximum Gasteiger partial charge on any atom is 0.273 e. The highest BCUT2D eigenvalue weighted by molar-refractivity contribution is 6.89. The molecule has 1 aliphatic heterocycles. The lowest BCUT2D eigenvalue weighted by molar-refractivity contribution is 0.334. The second-order valence-corrected chi connectivity index (χ2v) is 9.39. The Morgan fingerprint density at radius 3 is 2.73 bits per heavy atom. The van der Waals surface area contributed by atoms with Gasteiger partial charge in [0.25, 0.3) is 6.40 Å². The molecule has 79 valence electrons. The molecule has 1 heterocycles. The lowest BCUT2D eigenvalue weighted by Crippen LogP contribution is -2.43. The average molecular weight is 218 g/mol. The number of aliphatic imine (C=N–C) groups is 1. The molecular weight excluding hydrogens is 202 g/mol. The summed E-state index contributed by atoms with van der Waals surface area (Å²) in [5, 5.41) is 1.49. The van der Waals surface area contributed by atoms with Gasteiger partial charge in [0.1, 0.15) is 6.61 Å². The minimum atomic E-state index is -1.36. The molecule has 0 saturated heterocycles. The lowest BCUT2D eigenvalue weighted by atomic mass is 10.4. The summed E-state index contributed by atoms with van der Waals surface area (Å²) in [6.45, 7) is 5.48. The van der Waals surface area contributed by atoms with Crippen molar-refractivity contribution in [2.24, 2.45) is 4.99 Å². The first-order chi connectivity index (χ1) is 7.18. The van der Waals surface area contributed by atoms with Crippen LogP contribution in [0.1, 0.15) is 0 Å². The van der Waals surface area contributed by atoms with E-state index in [-0.39, 0.29) is 0 Å². The van der Waals surface area contributed by atoms with E-state index >= 15 is 0 Å². The van der Waals surface area contributed by atoms with Crippen LogP contribution in [0.25, 0.3) is 0 Å². The van der Waals surface area contributed by atoms with Gasteiger partial charge < -0.3 is 4.74 Å².